The summed E-state index contributed by atoms with van der Waals surface area (Å²) in [5, 5.41) is 12.2. The van der Waals surface area contributed by atoms with E-state index in [1.54, 1.807) is 36.4 Å². The van der Waals surface area contributed by atoms with Crippen LogP contribution in [0.4, 0.5) is 0 Å². The molecule has 5 heteroatoms. The van der Waals surface area contributed by atoms with Crippen molar-refractivity contribution in [3.05, 3.63) is 81.3 Å². The molecule has 0 aliphatic rings. The van der Waals surface area contributed by atoms with Crippen LogP contribution in [-0.2, 0) is 0 Å². The van der Waals surface area contributed by atoms with E-state index in [9.17, 15) is 10.1 Å². The highest BCUT2D eigenvalue weighted by Crippen LogP contribution is 2.22. The van der Waals surface area contributed by atoms with E-state index in [0.717, 1.165) is 4.47 Å². The van der Waals surface area contributed by atoms with Gasteiger partial charge in [-0.1, -0.05) is 46.3 Å². The molecule has 0 aliphatic heterocycles. The van der Waals surface area contributed by atoms with Gasteiger partial charge in [0.15, 0.2) is 4.54 Å². The van der Waals surface area contributed by atoms with Crippen molar-refractivity contribution in [2.75, 3.05) is 0 Å². The van der Waals surface area contributed by atoms with E-state index in [0.29, 0.717) is 31.9 Å². The molecule has 4 nitrogen and oxygen atoms in total. The molecule has 104 valence electrons. The number of benzene rings is 2. The van der Waals surface area contributed by atoms with Crippen molar-refractivity contribution in [2.24, 2.45) is 0 Å². The lowest BCUT2D eigenvalue weighted by Gasteiger charge is -2.09. The van der Waals surface area contributed by atoms with Crippen LogP contribution in [0.2, 0.25) is 0 Å². The summed E-state index contributed by atoms with van der Waals surface area (Å²) in [6.45, 7) is 0. The Balaban J connectivity index is 2.13. The van der Waals surface area contributed by atoms with Crippen molar-refractivity contribution < 1.29 is 4.54 Å². The van der Waals surface area contributed by atoms with Gasteiger partial charge in [-0.05, 0) is 30.3 Å². The Morgan fingerprint density at radius 3 is 2.19 bits per heavy atom. The molecule has 3 aromatic rings. The Bertz CT molecular complexity index is 827. The molecule has 0 saturated heterocycles. The molecule has 0 atom stereocenters. The van der Waals surface area contributed by atoms with Gasteiger partial charge in [-0.2, -0.15) is 0 Å². The van der Waals surface area contributed by atoms with E-state index >= 15 is 0 Å². The molecule has 0 saturated carbocycles. The molecular weight excluding hydrogens is 332 g/mol. The third-order valence-corrected chi connectivity index (χ3v) is 3.71. The SMILES string of the molecule is O=[n+]1c(-c2ccccc2)ccc(-c2ccc(Br)cc2)n1[O-]. The Labute approximate surface area is 129 Å². The van der Waals surface area contributed by atoms with E-state index in [1.807, 2.05) is 30.3 Å². The summed E-state index contributed by atoms with van der Waals surface area (Å²) in [5.41, 5.74) is 2.04. The fourth-order valence-electron chi connectivity index (χ4n) is 2.12. The maximum Gasteiger partial charge on any atom is 0.299 e. The van der Waals surface area contributed by atoms with Gasteiger partial charge in [-0.25, -0.2) is 0 Å². The second kappa shape index (κ2) is 5.54. The number of aromatic nitrogens is 2. The molecular formula is C16H11BrN2O2. The van der Waals surface area contributed by atoms with Crippen LogP contribution in [0.25, 0.3) is 22.5 Å². The predicted molar refractivity (Wildman–Crippen MR) is 85.1 cm³/mol. The molecule has 0 aliphatic carbocycles. The molecule has 3 rings (SSSR count). The minimum absolute atomic E-state index is 0.317. The summed E-state index contributed by atoms with van der Waals surface area (Å²) in [6.07, 6.45) is 0. The van der Waals surface area contributed by atoms with Crippen LogP contribution in [-0.4, -0.2) is 4.85 Å². The van der Waals surface area contributed by atoms with Crippen molar-refractivity contribution >= 4 is 15.9 Å². The van der Waals surface area contributed by atoms with Crippen LogP contribution in [0.1, 0.15) is 0 Å². The fourth-order valence-corrected chi connectivity index (χ4v) is 2.39. The average molecular weight is 343 g/mol. The van der Waals surface area contributed by atoms with E-state index < -0.39 is 0 Å². The van der Waals surface area contributed by atoms with E-state index in [1.165, 1.54) is 0 Å². The van der Waals surface area contributed by atoms with Crippen LogP contribution in [0.5, 0.6) is 0 Å². The predicted octanol–water partition coefficient (Wildman–Crippen LogP) is 3.85. The van der Waals surface area contributed by atoms with Gasteiger partial charge in [0.05, 0.1) is 10.5 Å². The number of halogens is 1. The second-order valence-electron chi connectivity index (χ2n) is 4.52. The van der Waals surface area contributed by atoms with Gasteiger partial charge in [0.2, 0.25) is 0 Å². The number of hydrogen-bond acceptors (Lipinski definition) is 2. The maximum absolute atomic E-state index is 12.2. The average Bonchev–Trinajstić information content (AvgIpc) is 2.52. The van der Waals surface area contributed by atoms with Crippen LogP contribution < -0.4 is 4.54 Å². The summed E-state index contributed by atoms with van der Waals surface area (Å²) in [4.78, 5) is 12.6. The molecule has 0 spiro atoms. The highest BCUT2D eigenvalue weighted by atomic mass is 79.9. The Morgan fingerprint density at radius 1 is 0.857 bits per heavy atom. The quantitative estimate of drug-likeness (QED) is 0.664. The Hall–Kier alpha value is -2.40. The van der Waals surface area contributed by atoms with E-state index in [-0.39, 0.29) is 0 Å². The van der Waals surface area contributed by atoms with Crippen molar-refractivity contribution in [1.82, 2.24) is 4.85 Å². The molecule has 0 fully saturated rings. The van der Waals surface area contributed by atoms with Gasteiger partial charge >= 0.3 is 0 Å². The zero-order chi connectivity index (χ0) is 14.8. The zero-order valence-electron chi connectivity index (χ0n) is 10.9. The van der Waals surface area contributed by atoms with E-state index in [2.05, 4.69) is 15.9 Å². The topological polar surface area (TPSA) is 51.0 Å². The van der Waals surface area contributed by atoms with Crippen LogP contribution in [0.3, 0.4) is 0 Å². The first-order valence-corrected chi connectivity index (χ1v) is 7.14. The molecule has 21 heavy (non-hydrogen) atoms. The zero-order valence-corrected chi connectivity index (χ0v) is 12.5. The maximum atomic E-state index is 12.2. The molecule has 1 aromatic heterocycles. The second-order valence-corrected chi connectivity index (χ2v) is 5.44. The Morgan fingerprint density at radius 2 is 1.52 bits per heavy atom. The number of hydrogen-bond donors (Lipinski definition) is 0. The third-order valence-electron chi connectivity index (χ3n) is 3.19. The highest BCUT2D eigenvalue weighted by Gasteiger charge is 2.15. The van der Waals surface area contributed by atoms with Crippen LogP contribution >= 0.6 is 15.9 Å². The highest BCUT2D eigenvalue weighted by molar-refractivity contribution is 9.10. The lowest BCUT2D eigenvalue weighted by molar-refractivity contribution is -0.574. The smallest absolute Gasteiger partial charge is 0.299 e. The van der Waals surface area contributed by atoms with Crippen molar-refractivity contribution in [3.8, 4) is 22.5 Å². The molecule has 0 amide bonds. The summed E-state index contributed by atoms with van der Waals surface area (Å²) < 4.78 is 1.28. The van der Waals surface area contributed by atoms with E-state index in [4.69, 9.17) is 0 Å². The molecule has 0 radical (unpaired) electrons. The van der Waals surface area contributed by atoms with Gasteiger partial charge in [-0.15, -0.1) is 4.85 Å². The molecule has 0 N–H and O–H groups in total. The minimum atomic E-state index is 0.317. The lowest BCUT2D eigenvalue weighted by atomic mass is 10.1. The lowest BCUT2D eigenvalue weighted by Crippen LogP contribution is -2.31. The van der Waals surface area contributed by atoms with Crippen LogP contribution in [0.15, 0.2) is 71.2 Å². The molecule has 0 unspecified atom stereocenters. The number of rotatable bonds is 2. The summed E-state index contributed by atoms with van der Waals surface area (Å²) >= 11 is 3.34. The largest absolute Gasteiger partial charge is 0.755 e. The Kier molecular flexibility index (Phi) is 3.58. The van der Waals surface area contributed by atoms with Crippen molar-refractivity contribution in [2.45, 2.75) is 0 Å². The standard InChI is InChI=1S/C16H11BrN2O2/c17-14-8-6-13(7-9-14)16-11-10-15(18(20)19(16)21)12-4-2-1-3-5-12/h1-11H. The number of nitrogens with zero attached hydrogens (tertiary/aromatic N) is 2. The van der Waals surface area contributed by atoms with Crippen molar-refractivity contribution in [3.63, 3.8) is 0 Å². The molecule has 0 bridgehead atoms. The van der Waals surface area contributed by atoms with Gasteiger partial charge < -0.3 is 5.21 Å². The molecule has 2 aromatic carbocycles. The fraction of sp³-hybridized carbons (Fsp3) is 0. The van der Waals surface area contributed by atoms with Gasteiger partial charge in [-0.3, -0.25) is 0 Å². The normalized spacial score (nSPS) is 10.5. The summed E-state index contributed by atoms with van der Waals surface area (Å²) in [6, 6.07) is 19.7. The van der Waals surface area contributed by atoms with Crippen molar-refractivity contribution in [1.29, 1.82) is 0 Å². The van der Waals surface area contributed by atoms with Crippen LogP contribution in [0, 0.1) is 10.1 Å². The van der Waals surface area contributed by atoms with Gasteiger partial charge in [0, 0.05) is 16.1 Å². The third kappa shape index (κ3) is 2.60. The summed E-state index contributed by atoms with van der Waals surface area (Å²) in [5.74, 6) is 0. The van der Waals surface area contributed by atoms with Gasteiger partial charge in [0.1, 0.15) is 5.69 Å². The first kappa shape index (κ1) is 13.6. The molecule has 1 heterocycles. The van der Waals surface area contributed by atoms with Gasteiger partial charge in [0.25, 0.3) is 5.69 Å². The monoisotopic (exact) mass is 342 g/mol. The summed E-state index contributed by atoms with van der Waals surface area (Å²) in [7, 11) is 0. The first-order valence-electron chi connectivity index (χ1n) is 6.34. The first-order chi connectivity index (χ1) is 10.2. The minimum Gasteiger partial charge on any atom is -0.755 e.